The normalized spacial score (nSPS) is 10.9. The monoisotopic (exact) mass is 353 g/mol. The van der Waals surface area contributed by atoms with Crippen molar-refractivity contribution in [2.45, 2.75) is 19.8 Å². The molecule has 0 saturated carbocycles. The maximum Gasteiger partial charge on any atom is 0.349 e. The Labute approximate surface area is 151 Å². The average molecular weight is 353 g/mol. The molecule has 2 aromatic rings. The summed E-state index contributed by atoms with van der Waals surface area (Å²) >= 11 is 0. The fourth-order valence-corrected chi connectivity index (χ4v) is 2.23. The van der Waals surface area contributed by atoms with Crippen molar-refractivity contribution in [3.63, 3.8) is 0 Å². The van der Waals surface area contributed by atoms with Crippen molar-refractivity contribution < 1.29 is 23.5 Å². The lowest BCUT2D eigenvalue weighted by Crippen LogP contribution is -2.07. The molecule has 0 saturated heterocycles. The summed E-state index contributed by atoms with van der Waals surface area (Å²) in [6.07, 6.45) is 2.94. The van der Waals surface area contributed by atoms with Gasteiger partial charge in [0.25, 0.3) is 0 Å². The lowest BCUT2D eigenvalue weighted by atomic mass is 10.1. The molecule has 0 aliphatic heterocycles. The molecule has 134 valence electrons. The van der Waals surface area contributed by atoms with Crippen molar-refractivity contribution in [1.82, 2.24) is 0 Å². The Balaban J connectivity index is 2.26. The number of ether oxygens (including phenoxy) is 2. The van der Waals surface area contributed by atoms with Crippen LogP contribution in [0.25, 0.3) is 17.4 Å². The van der Waals surface area contributed by atoms with Crippen LogP contribution in [0.2, 0.25) is 0 Å². The molecule has 2 rings (SSSR count). The molecule has 1 heterocycles. The van der Waals surface area contributed by atoms with Gasteiger partial charge in [-0.15, -0.1) is 0 Å². The molecule has 0 radical (unpaired) electrons. The second kappa shape index (κ2) is 9.23. The number of nitrogens with zero attached hydrogens (tertiary/aromatic N) is 1. The minimum absolute atomic E-state index is 0.150. The average Bonchev–Trinajstić information content (AvgIpc) is 3.14. The predicted octanol–water partition coefficient (Wildman–Crippen LogP) is 3.98. The van der Waals surface area contributed by atoms with E-state index in [4.69, 9.17) is 19.2 Å². The van der Waals surface area contributed by atoms with Crippen LogP contribution in [0.3, 0.4) is 0 Å². The smallest absolute Gasteiger partial charge is 0.349 e. The Kier molecular flexibility index (Phi) is 6.75. The minimum atomic E-state index is -0.686. The van der Waals surface area contributed by atoms with Crippen molar-refractivity contribution in [1.29, 1.82) is 5.26 Å². The maximum absolute atomic E-state index is 11.9. The van der Waals surface area contributed by atoms with E-state index in [9.17, 15) is 9.59 Å². The number of hydrogen-bond donors (Lipinski definition) is 0. The third-order valence-electron chi connectivity index (χ3n) is 3.58. The lowest BCUT2D eigenvalue weighted by molar-refractivity contribution is -0.138. The van der Waals surface area contributed by atoms with Crippen LogP contribution >= 0.6 is 0 Å². The van der Waals surface area contributed by atoms with Gasteiger partial charge in [0.2, 0.25) is 0 Å². The van der Waals surface area contributed by atoms with Crippen LogP contribution in [0.15, 0.2) is 46.4 Å². The molecule has 0 N–H and O–H groups in total. The third-order valence-corrected chi connectivity index (χ3v) is 3.58. The van der Waals surface area contributed by atoms with Crippen molar-refractivity contribution in [3.05, 3.63) is 53.3 Å². The highest BCUT2D eigenvalue weighted by atomic mass is 16.5. The van der Waals surface area contributed by atoms with Crippen LogP contribution in [0, 0.1) is 11.3 Å². The first-order valence-corrected chi connectivity index (χ1v) is 8.17. The van der Waals surface area contributed by atoms with Gasteiger partial charge in [0.05, 0.1) is 19.3 Å². The van der Waals surface area contributed by atoms with Gasteiger partial charge in [-0.05, 0) is 24.6 Å². The van der Waals surface area contributed by atoms with Crippen LogP contribution in [-0.2, 0) is 14.3 Å². The first kappa shape index (κ1) is 19.0. The summed E-state index contributed by atoms with van der Waals surface area (Å²) in [6, 6.07) is 11.9. The van der Waals surface area contributed by atoms with Crippen LogP contribution < -0.4 is 0 Å². The molecule has 1 aromatic carbocycles. The van der Waals surface area contributed by atoms with E-state index in [1.807, 2.05) is 13.0 Å². The van der Waals surface area contributed by atoms with E-state index < -0.39 is 11.9 Å². The maximum atomic E-state index is 11.9. The zero-order valence-electron chi connectivity index (χ0n) is 14.7. The van der Waals surface area contributed by atoms with E-state index in [1.165, 1.54) is 13.2 Å². The van der Waals surface area contributed by atoms with Gasteiger partial charge in [-0.25, -0.2) is 9.59 Å². The minimum Gasteiger partial charge on any atom is -0.465 e. The number of benzene rings is 1. The molecule has 0 bridgehead atoms. The van der Waals surface area contributed by atoms with Gasteiger partial charge in [0.1, 0.15) is 23.2 Å². The number of carbonyl (C=O) groups is 2. The summed E-state index contributed by atoms with van der Waals surface area (Å²) in [5.41, 5.74) is 0.769. The largest absolute Gasteiger partial charge is 0.465 e. The van der Waals surface area contributed by atoms with Gasteiger partial charge in [-0.2, -0.15) is 5.26 Å². The van der Waals surface area contributed by atoms with Gasteiger partial charge >= 0.3 is 11.9 Å². The third kappa shape index (κ3) is 4.61. The Bertz CT molecular complexity index is 857. The summed E-state index contributed by atoms with van der Waals surface area (Å²) in [5, 5.41) is 9.16. The molecule has 6 heteroatoms. The molecular formula is C20H19NO5. The highest BCUT2D eigenvalue weighted by Gasteiger charge is 2.16. The van der Waals surface area contributed by atoms with Gasteiger partial charge in [0, 0.05) is 11.6 Å². The number of hydrogen-bond acceptors (Lipinski definition) is 6. The number of nitriles is 1. The molecular weight excluding hydrogens is 334 g/mol. The fraction of sp³-hybridized carbons (Fsp3) is 0.250. The predicted molar refractivity (Wildman–Crippen MR) is 94.9 cm³/mol. The standard InChI is InChI=1S/C20H19NO5/c1-3-4-11-25-19(22)14(13-21)12-15-9-10-18(26-15)16-7-5-6-8-17(16)20(23)24-2/h5-10,12H,3-4,11H2,1-2H3/b14-12+. The van der Waals surface area contributed by atoms with E-state index >= 15 is 0 Å². The zero-order valence-corrected chi connectivity index (χ0v) is 14.7. The fourth-order valence-electron chi connectivity index (χ4n) is 2.23. The number of unbranched alkanes of at least 4 members (excludes halogenated alkanes) is 1. The molecule has 6 nitrogen and oxygen atoms in total. The van der Waals surface area contributed by atoms with Gasteiger partial charge in [-0.3, -0.25) is 0 Å². The first-order chi connectivity index (χ1) is 12.6. The second-order valence-electron chi connectivity index (χ2n) is 5.40. The molecule has 0 amide bonds. The Morgan fingerprint density at radius 1 is 1.23 bits per heavy atom. The van der Waals surface area contributed by atoms with Crippen molar-refractivity contribution in [2.75, 3.05) is 13.7 Å². The highest BCUT2D eigenvalue weighted by Crippen LogP contribution is 2.27. The molecule has 0 spiro atoms. The zero-order chi connectivity index (χ0) is 18.9. The van der Waals surface area contributed by atoms with E-state index in [2.05, 4.69) is 0 Å². The number of furan rings is 1. The summed E-state index contributed by atoms with van der Waals surface area (Å²) in [7, 11) is 1.30. The van der Waals surface area contributed by atoms with Crippen molar-refractivity contribution in [2.24, 2.45) is 0 Å². The topological polar surface area (TPSA) is 89.5 Å². The molecule has 26 heavy (non-hydrogen) atoms. The molecule has 1 aromatic heterocycles. The number of esters is 2. The second-order valence-corrected chi connectivity index (χ2v) is 5.40. The Hall–Kier alpha value is -3.33. The molecule has 0 atom stereocenters. The summed E-state index contributed by atoms with van der Waals surface area (Å²) in [4.78, 5) is 23.8. The van der Waals surface area contributed by atoms with Gasteiger partial charge < -0.3 is 13.9 Å². The highest BCUT2D eigenvalue weighted by molar-refractivity contribution is 5.98. The SMILES string of the molecule is CCCCOC(=O)/C(C#N)=C/c1ccc(-c2ccccc2C(=O)OC)o1. The molecule has 0 aliphatic rings. The Morgan fingerprint density at radius 2 is 2.00 bits per heavy atom. The molecule has 0 aliphatic carbocycles. The summed E-state index contributed by atoms with van der Waals surface area (Å²) in [6.45, 7) is 2.25. The van der Waals surface area contributed by atoms with Crippen molar-refractivity contribution in [3.8, 4) is 17.4 Å². The molecule has 0 unspecified atom stereocenters. The summed E-state index contributed by atoms with van der Waals surface area (Å²) in [5.74, 6) is -0.433. The van der Waals surface area contributed by atoms with E-state index in [0.29, 0.717) is 22.6 Å². The van der Waals surface area contributed by atoms with Gasteiger partial charge in [-0.1, -0.05) is 31.5 Å². The van der Waals surface area contributed by atoms with Crippen LogP contribution in [0.5, 0.6) is 0 Å². The van der Waals surface area contributed by atoms with E-state index in [-0.39, 0.29) is 12.2 Å². The van der Waals surface area contributed by atoms with Crippen LogP contribution in [0.4, 0.5) is 0 Å². The number of methoxy groups -OCH3 is 1. The lowest BCUT2D eigenvalue weighted by Gasteiger charge is -2.04. The quantitative estimate of drug-likeness (QED) is 0.324. The van der Waals surface area contributed by atoms with E-state index in [0.717, 1.165) is 12.8 Å². The first-order valence-electron chi connectivity index (χ1n) is 8.17. The van der Waals surface area contributed by atoms with Crippen LogP contribution in [-0.4, -0.2) is 25.7 Å². The number of carbonyl (C=O) groups excluding carboxylic acids is 2. The van der Waals surface area contributed by atoms with Crippen LogP contribution in [0.1, 0.15) is 35.9 Å². The summed E-state index contributed by atoms with van der Waals surface area (Å²) < 4.78 is 15.5. The number of rotatable bonds is 7. The van der Waals surface area contributed by atoms with Gasteiger partial charge in [0.15, 0.2) is 0 Å². The molecule has 0 fully saturated rings. The van der Waals surface area contributed by atoms with E-state index in [1.54, 1.807) is 36.4 Å². The Morgan fingerprint density at radius 3 is 2.69 bits per heavy atom. The van der Waals surface area contributed by atoms with Crippen molar-refractivity contribution >= 4 is 18.0 Å².